The molecule has 0 saturated heterocycles. The van der Waals surface area contributed by atoms with Crippen LogP contribution in [-0.2, 0) is 11.2 Å². The van der Waals surface area contributed by atoms with Gasteiger partial charge >= 0.3 is 0 Å². The molecule has 1 atom stereocenters. The van der Waals surface area contributed by atoms with Crippen molar-refractivity contribution in [2.75, 3.05) is 7.11 Å². The minimum Gasteiger partial charge on any atom is -0.497 e. The number of methoxy groups -OCH3 is 1. The van der Waals surface area contributed by atoms with E-state index in [4.69, 9.17) is 9.47 Å². The highest BCUT2D eigenvalue weighted by Crippen LogP contribution is 2.29. The fraction of sp³-hybridized carbons (Fsp3) is 0.364. The van der Waals surface area contributed by atoms with E-state index >= 15 is 0 Å². The van der Waals surface area contributed by atoms with Crippen LogP contribution < -0.4 is 9.47 Å². The zero-order valence-corrected chi connectivity index (χ0v) is 8.24. The van der Waals surface area contributed by atoms with Gasteiger partial charge in [0.05, 0.1) is 7.11 Å². The van der Waals surface area contributed by atoms with Crippen molar-refractivity contribution in [1.29, 1.82) is 0 Å². The van der Waals surface area contributed by atoms with Gasteiger partial charge in [0.15, 0.2) is 11.9 Å². The molecule has 0 fully saturated rings. The molecule has 0 radical (unpaired) electrons. The van der Waals surface area contributed by atoms with E-state index in [1.807, 2.05) is 18.2 Å². The summed E-state index contributed by atoms with van der Waals surface area (Å²) in [6.07, 6.45) is 0.120. The molecule has 0 spiro atoms. The Morgan fingerprint density at radius 1 is 1.50 bits per heavy atom. The fourth-order valence-corrected chi connectivity index (χ4v) is 1.51. The Balaban J connectivity index is 2.37. The molecule has 0 amide bonds. The second-order valence-electron chi connectivity index (χ2n) is 3.38. The quantitative estimate of drug-likeness (QED) is 0.677. The first-order chi connectivity index (χ1) is 6.70. The van der Waals surface area contributed by atoms with Gasteiger partial charge in [-0.15, -0.1) is 0 Å². The molecule has 3 nitrogen and oxygen atoms in total. The number of hydrogen-bond donors (Lipinski definition) is 0. The van der Waals surface area contributed by atoms with Crippen LogP contribution in [0.3, 0.4) is 0 Å². The Bertz CT molecular complexity index is 371. The molecule has 0 aliphatic carbocycles. The van der Waals surface area contributed by atoms with Crippen molar-refractivity contribution >= 4 is 5.78 Å². The van der Waals surface area contributed by atoms with E-state index in [0.29, 0.717) is 6.42 Å². The highest BCUT2D eigenvalue weighted by Gasteiger charge is 2.23. The number of carbonyl (C=O) groups excluding carboxylic acids is 1. The van der Waals surface area contributed by atoms with E-state index in [9.17, 15) is 4.79 Å². The van der Waals surface area contributed by atoms with Crippen LogP contribution >= 0.6 is 0 Å². The smallest absolute Gasteiger partial charge is 0.177 e. The molecule has 0 saturated carbocycles. The van der Waals surface area contributed by atoms with Gasteiger partial charge in [-0.1, -0.05) is 6.07 Å². The van der Waals surface area contributed by atoms with Crippen molar-refractivity contribution in [2.24, 2.45) is 0 Å². The average molecular weight is 192 g/mol. The largest absolute Gasteiger partial charge is 0.497 e. The van der Waals surface area contributed by atoms with E-state index in [2.05, 4.69) is 0 Å². The molecule has 1 aliphatic rings. The summed E-state index contributed by atoms with van der Waals surface area (Å²) in [7, 11) is 1.61. The van der Waals surface area contributed by atoms with Crippen LogP contribution in [0.15, 0.2) is 18.2 Å². The van der Waals surface area contributed by atoms with Crippen molar-refractivity contribution in [1.82, 2.24) is 0 Å². The first-order valence-electron chi connectivity index (χ1n) is 4.57. The Morgan fingerprint density at radius 2 is 2.29 bits per heavy atom. The second-order valence-corrected chi connectivity index (χ2v) is 3.38. The first-order valence-corrected chi connectivity index (χ1v) is 4.57. The predicted molar refractivity (Wildman–Crippen MR) is 51.8 cm³/mol. The Morgan fingerprint density at radius 3 is 3.00 bits per heavy atom. The van der Waals surface area contributed by atoms with Crippen molar-refractivity contribution < 1.29 is 14.3 Å². The molecule has 0 aromatic heterocycles. The number of ketones is 1. The summed E-state index contributed by atoms with van der Waals surface area (Å²) < 4.78 is 10.5. The molecule has 0 N–H and O–H groups in total. The van der Waals surface area contributed by atoms with E-state index in [-0.39, 0.29) is 11.9 Å². The number of hydrogen-bond acceptors (Lipinski definition) is 3. The molecule has 1 unspecified atom stereocenters. The van der Waals surface area contributed by atoms with Crippen LogP contribution in [-0.4, -0.2) is 19.0 Å². The zero-order valence-electron chi connectivity index (χ0n) is 8.24. The van der Waals surface area contributed by atoms with Gasteiger partial charge in [0.2, 0.25) is 0 Å². The highest BCUT2D eigenvalue weighted by molar-refractivity contribution is 5.87. The Labute approximate surface area is 82.6 Å². The molecule has 1 aromatic carbocycles. The molecule has 74 valence electrons. The molecular formula is C11H12O3. The molecule has 1 heterocycles. The van der Waals surface area contributed by atoms with Crippen LogP contribution in [0.5, 0.6) is 11.5 Å². The maximum Gasteiger partial charge on any atom is 0.177 e. The second kappa shape index (κ2) is 3.33. The van der Waals surface area contributed by atoms with Crippen LogP contribution in [0.1, 0.15) is 12.5 Å². The topological polar surface area (TPSA) is 35.5 Å². The third-order valence-corrected chi connectivity index (χ3v) is 2.40. The lowest BCUT2D eigenvalue weighted by Crippen LogP contribution is -2.30. The number of Topliss-reactive ketones (excluding diaryl/α,β-unsaturated/α-hetero) is 1. The van der Waals surface area contributed by atoms with Crippen molar-refractivity contribution in [3.8, 4) is 11.5 Å². The summed E-state index contributed by atoms with van der Waals surface area (Å²) in [6.45, 7) is 1.77. The van der Waals surface area contributed by atoms with E-state index in [1.54, 1.807) is 14.0 Å². The van der Waals surface area contributed by atoms with Gasteiger partial charge in [-0.25, -0.2) is 0 Å². The summed E-state index contributed by atoms with van der Waals surface area (Å²) in [4.78, 5) is 11.4. The average Bonchev–Trinajstić information content (AvgIpc) is 2.19. The van der Waals surface area contributed by atoms with Crippen molar-refractivity contribution in [3.63, 3.8) is 0 Å². The molecule has 1 aromatic rings. The summed E-state index contributed by atoms with van der Waals surface area (Å²) in [5, 5.41) is 0. The standard InChI is InChI=1S/C11H12O3/c1-7-10(12)5-8-3-4-9(13-2)6-11(8)14-7/h3-4,6-7H,5H2,1-2H3. The molecular weight excluding hydrogens is 180 g/mol. The third kappa shape index (κ3) is 1.45. The lowest BCUT2D eigenvalue weighted by Gasteiger charge is -2.22. The summed E-state index contributed by atoms with van der Waals surface area (Å²) in [6, 6.07) is 5.53. The monoisotopic (exact) mass is 192 g/mol. The van der Waals surface area contributed by atoms with Crippen molar-refractivity contribution in [3.05, 3.63) is 23.8 Å². The first kappa shape index (κ1) is 9.06. The van der Waals surface area contributed by atoms with Crippen LogP contribution in [0.25, 0.3) is 0 Å². The maximum absolute atomic E-state index is 11.4. The van der Waals surface area contributed by atoms with E-state index in [0.717, 1.165) is 17.1 Å². The van der Waals surface area contributed by atoms with Crippen molar-refractivity contribution in [2.45, 2.75) is 19.4 Å². The minimum atomic E-state index is -0.338. The fourth-order valence-electron chi connectivity index (χ4n) is 1.51. The van der Waals surface area contributed by atoms with Gasteiger partial charge in [-0.2, -0.15) is 0 Å². The zero-order chi connectivity index (χ0) is 10.1. The summed E-state index contributed by atoms with van der Waals surface area (Å²) in [5.41, 5.74) is 0.939. The molecule has 14 heavy (non-hydrogen) atoms. The Hall–Kier alpha value is -1.51. The van der Waals surface area contributed by atoms with Gasteiger partial charge in [0.1, 0.15) is 11.5 Å². The third-order valence-electron chi connectivity index (χ3n) is 2.40. The van der Waals surface area contributed by atoms with Crippen LogP contribution in [0, 0.1) is 0 Å². The number of fused-ring (bicyclic) bond motifs is 1. The summed E-state index contributed by atoms with van der Waals surface area (Å²) in [5.74, 6) is 1.64. The van der Waals surface area contributed by atoms with Gasteiger partial charge in [0, 0.05) is 18.1 Å². The maximum atomic E-state index is 11.4. The summed E-state index contributed by atoms with van der Waals surface area (Å²) >= 11 is 0. The molecule has 1 aliphatic heterocycles. The van der Waals surface area contributed by atoms with E-state index in [1.165, 1.54) is 0 Å². The van der Waals surface area contributed by atoms with Gasteiger partial charge < -0.3 is 9.47 Å². The van der Waals surface area contributed by atoms with Crippen LogP contribution in [0.4, 0.5) is 0 Å². The number of ether oxygens (including phenoxy) is 2. The normalized spacial score (nSPS) is 19.9. The molecule has 3 heteroatoms. The molecule has 2 rings (SSSR count). The SMILES string of the molecule is COc1ccc2c(c1)OC(C)C(=O)C2. The highest BCUT2D eigenvalue weighted by atomic mass is 16.5. The number of carbonyl (C=O) groups is 1. The Kier molecular flexibility index (Phi) is 2.15. The van der Waals surface area contributed by atoms with E-state index < -0.39 is 0 Å². The van der Waals surface area contributed by atoms with Gasteiger partial charge in [-0.3, -0.25) is 4.79 Å². The lowest BCUT2D eigenvalue weighted by molar-refractivity contribution is -0.125. The minimum absolute atomic E-state index is 0.127. The predicted octanol–water partition coefficient (Wildman–Crippen LogP) is 1.59. The molecule has 0 bridgehead atoms. The number of benzene rings is 1. The lowest BCUT2D eigenvalue weighted by atomic mass is 10.0. The van der Waals surface area contributed by atoms with Gasteiger partial charge in [-0.05, 0) is 13.0 Å². The van der Waals surface area contributed by atoms with Gasteiger partial charge in [0.25, 0.3) is 0 Å². The number of rotatable bonds is 1. The van der Waals surface area contributed by atoms with Crippen LogP contribution in [0.2, 0.25) is 0 Å².